The van der Waals surface area contributed by atoms with Gasteiger partial charge in [-0.05, 0) is 104 Å². The Morgan fingerprint density at radius 2 is 1.35 bits per heavy atom. The van der Waals surface area contributed by atoms with Gasteiger partial charge in [0.1, 0.15) is 32.6 Å². The summed E-state index contributed by atoms with van der Waals surface area (Å²) in [5.74, 6) is -0.0185. The number of tetrazole rings is 1. The van der Waals surface area contributed by atoms with E-state index in [1.54, 1.807) is 112 Å². The van der Waals surface area contributed by atoms with Gasteiger partial charge >= 0.3 is 12.2 Å². The van der Waals surface area contributed by atoms with E-state index in [1.807, 2.05) is 4.72 Å². The largest absolute Gasteiger partial charge is 0.497 e. The van der Waals surface area contributed by atoms with E-state index in [9.17, 15) is 27.9 Å². The van der Waals surface area contributed by atoms with Crippen LogP contribution in [0, 0.1) is 0 Å². The Morgan fingerprint density at radius 1 is 0.778 bits per heavy atom. The molecule has 5 aromatic carbocycles. The second-order valence-corrected chi connectivity index (χ2v) is 20.8. The molecule has 2 aromatic heterocycles. The average Bonchev–Trinajstić information content (AvgIpc) is 3.97. The molecule has 24 heteroatoms. The fourth-order valence-corrected chi connectivity index (χ4v) is 10.9. The maximum atomic E-state index is 16.1. The highest BCUT2D eigenvalue weighted by atomic mass is 32.2. The first-order valence-corrected chi connectivity index (χ1v) is 25.0. The number of anilines is 1. The molecule has 1 atom stereocenters. The number of nitrogens with zero attached hydrogens (tertiary/aromatic N) is 6. The van der Waals surface area contributed by atoms with Crippen molar-refractivity contribution in [2.45, 2.75) is 75.2 Å². The highest BCUT2D eigenvalue weighted by molar-refractivity contribution is 7.92. The van der Waals surface area contributed by atoms with Crippen LogP contribution in [-0.4, -0.2) is 107 Å². The lowest BCUT2D eigenvalue weighted by Gasteiger charge is -2.26. The second-order valence-electron chi connectivity index (χ2n) is 17.3. The van der Waals surface area contributed by atoms with Crippen molar-refractivity contribution in [3.63, 3.8) is 0 Å². The summed E-state index contributed by atoms with van der Waals surface area (Å²) in [6, 6.07) is 26.4. The molecule has 0 aliphatic rings. The van der Waals surface area contributed by atoms with Gasteiger partial charge < -0.3 is 34.4 Å². The van der Waals surface area contributed by atoms with E-state index in [-0.39, 0.29) is 53.6 Å². The SMILES string of the molecule is COc1ccc(CN(Cc2ccc(OC)cc2)S(=O)(=O)c2c(S(=O)(=O)NC(=O)C[C@H](C)NC(=O)OC(C)(C)C)ccc(-c3cccc4[nH]c(NC(=O)O)nc34)c2-c2nnn(Cc3ccc(OC)cc3)n2)cc1. The summed E-state index contributed by atoms with van der Waals surface area (Å²) in [5, 5.41) is 27.5. The Balaban J connectivity index is 1.48. The summed E-state index contributed by atoms with van der Waals surface area (Å²) >= 11 is 0. The van der Waals surface area contributed by atoms with Crippen LogP contribution in [0.5, 0.6) is 17.2 Å². The van der Waals surface area contributed by atoms with Crippen LogP contribution < -0.4 is 29.6 Å². The Morgan fingerprint density at radius 3 is 1.89 bits per heavy atom. The minimum absolute atomic E-state index is 0.0260. The highest BCUT2D eigenvalue weighted by Crippen LogP contribution is 2.43. The highest BCUT2D eigenvalue weighted by Gasteiger charge is 2.39. The molecule has 0 saturated heterocycles. The molecule has 5 N–H and O–H groups in total. The molecule has 72 heavy (non-hydrogen) atoms. The van der Waals surface area contributed by atoms with Gasteiger partial charge in [-0.3, -0.25) is 10.1 Å². The zero-order valence-corrected chi connectivity index (χ0v) is 41.8. The number of carboxylic acid groups (broad SMARTS) is 1. The van der Waals surface area contributed by atoms with Crippen LogP contribution in [0.2, 0.25) is 0 Å². The van der Waals surface area contributed by atoms with Gasteiger partial charge in [-0.25, -0.2) is 36.1 Å². The maximum absolute atomic E-state index is 16.1. The predicted molar refractivity (Wildman–Crippen MR) is 263 cm³/mol. The van der Waals surface area contributed by atoms with Crippen molar-refractivity contribution < 1.29 is 55.3 Å². The number of aromatic amines is 1. The zero-order valence-electron chi connectivity index (χ0n) is 40.2. The Labute approximate surface area is 414 Å². The number of fused-ring (bicyclic) bond motifs is 1. The Bertz CT molecular complexity index is 3270. The molecule has 0 bridgehead atoms. The van der Waals surface area contributed by atoms with E-state index in [1.165, 1.54) is 39.1 Å². The van der Waals surface area contributed by atoms with Crippen LogP contribution in [0.15, 0.2) is 113 Å². The van der Waals surface area contributed by atoms with Gasteiger partial charge in [0, 0.05) is 31.1 Å². The van der Waals surface area contributed by atoms with Gasteiger partial charge in [0.25, 0.3) is 10.0 Å². The van der Waals surface area contributed by atoms with Crippen molar-refractivity contribution in [1.82, 2.24) is 44.5 Å². The molecule has 22 nitrogen and oxygen atoms in total. The van der Waals surface area contributed by atoms with Crippen molar-refractivity contribution in [3.8, 4) is 39.8 Å². The molecule has 0 aliphatic heterocycles. The van der Waals surface area contributed by atoms with Crippen LogP contribution >= 0.6 is 0 Å². The Kier molecular flexibility index (Phi) is 15.5. The average molecular weight is 1030 g/mol. The van der Waals surface area contributed by atoms with Gasteiger partial charge in [-0.15, -0.1) is 10.2 Å². The minimum atomic E-state index is -5.18. The van der Waals surface area contributed by atoms with E-state index >= 15 is 8.42 Å². The summed E-state index contributed by atoms with van der Waals surface area (Å²) in [5.41, 5.74) is 1.15. The van der Waals surface area contributed by atoms with E-state index < -0.39 is 66.0 Å². The number of ether oxygens (including phenoxy) is 4. The van der Waals surface area contributed by atoms with Crippen molar-refractivity contribution in [1.29, 1.82) is 0 Å². The fraction of sp³-hybridized carbons (Fsp3) is 0.271. The normalized spacial score (nSPS) is 12.3. The molecular weight excluding hydrogens is 973 g/mol. The second kappa shape index (κ2) is 21.5. The summed E-state index contributed by atoms with van der Waals surface area (Å²) < 4.78 is 86.5. The van der Waals surface area contributed by atoms with Crippen LogP contribution in [0.3, 0.4) is 0 Å². The quantitative estimate of drug-likeness (QED) is 0.0574. The lowest BCUT2D eigenvalue weighted by molar-refractivity contribution is -0.119. The topological polar surface area (TPSA) is 288 Å². The van der Waals surface area contributed by atoms with Gasteiger partial charge in [0.05, 0.1) is 44.5 Å². The van der Waals surface area contributed by atoms with Crippen molar-refractivity contribution in [2.24, 2.45) is 0 Å². The van der Waals surface area contributed by atoms with Crippen LogP contribution in [0.1, 0.15) is 50.8 Å². The van der Waals surface area contributed by atoms with Crippen molar-refractivity contribution in [3.05, 3.63) is 120 Å². The molecule has 3 amide bonds. The molecule has 7 rings (SSSR count). The molecule has 378 valence electrons. The first kappa shape index (κ1) is 51.8. The third-order valence-corrected chi connectivity index (χ3v) is 14.2. The van der Waals surface area contributed by atoms with Crippen molar-refractivity contribution >= 4 is 55.1 Å². The van der Waals surface area contributed by atoms with Crippen LogP contribution in [-0.2, 0) is 49.2 Å². The van der Waals surface area contributed by atoms with Crippen molar-refractivity contribution in [2.75, 3.05) is 26.6 Å². The zero-order chi connectivity index (χ0) is 52.0. The van der Waals surface area contributed by atoms with Crippen LogP contribution in [0.25, 0.3) is 33.5 Å². The van der Waals surface area contributed by atoms with Gasteiger partial charge in [0.2, 0.25) is 27.7 Å². The molecule has 7 aromatic rings. The number of nitrogens with one attached hydrogen (secondary N) is 4. The first-order chi connectivity index (χ1) is 34.2. The van der Waals surface area contributed by atoms with E-state index in [0.29, 0.717) is 39.5 Å². The number of hydrogen-bond acceptors (Lipinski definition) is 15. The molecule has 2 heterocycles. The number of carbonyl (C=O) groups excluding carboxylic acids is 2. The molecule has 0 saturated carbocycles. The number of amides is 3. The lowest BCUT2D eigenvalue weighted by atomic mass is 9.98. The molecule has 0 radical (unpaired) electrons. The van der Waals surface area contributed by atoms with Crippen LogP contribution in [0.4, 0.5) is 15.5 Å². The van der Waals surface area contributed by atoms with Gasteiger partial charge in [-0.2, -0.15) is 9.10 Å². The number of sulfonamides is 2. The number of imidazole rings is 1. The Hall–Kier alpha value is -8.09. The lowest BCUT2D eigenvalue weighted by Crippen LogP contribution is -2.41. The summed E-state index contributed by atoms with van der Waals surface area (Å²) in [7, 11) is -5.83. The predicted octanol–water partition coefficient (Wildman–Crippen LogP) is 6.55. The number of benzene rings is 5. The third-order valence-electron chi connectivity index (χ3n) is 10.7. The summed E-state index contributed by atoms with van der Waals surface area (Å²) in [6.45, 7) is 5.79. The smallest absolute Gasteiger partial charge is 0.411 e. The summed E-state index contributed by atoms with van der Waals surface area (Å²) in [4.78, 5) is 44.8. The number of rotatable bonds is 19. The van der Waals surface area contributed by atoms with Gasteiger partial charge in [0.15, 0.2) is 0 Å². The standard InChI is InChI=1S/C48H52N10O12S2/c1-29(49-47(62)70-48(2,3)4)25-40(59)55-71(63,64)39-24-23-36(37-9-8-10-38-42(37)51-45(50-38)52-46(60)61)41(44-53-56-58(54-44)28-32-15-21-35(69-7)22-16-32)43(39)72(65,66)57(26-30-11-17-33(67-5)18-12-30)27-31-13-19-34(68-6)20-14-31/h8-24,29H,25-28H2,1-7H3,(H,49,62)(H,55,59)(H,60,61)(H2,50,51,52)/t29-/m0/s1. The molecule has 0 spiro atoms. The number of methoxy groups -OCH3 is 3. The number of hydrogen-bond donors (Lipinski definition) is 5. The molecule has 0 fully saturated rings. The number of H-pyrrole nitrogens is 1. The first-order valence-electron chi connectivity index (χ1n) is 22.0. The number of carbonyl (C=O) groups is 3. The molecule has 0 aliphatic carbocycles. The maximum Gasteiger partial charge on any atom is 0.411 e. The number of para-hydroxylation sites is 1. The number of aromatic nitrogens is 6. The van der Waals surface area contributed by atoms with E-state index in [0.717, 1.165) is 10.4 Å². The van der Waals surface area contributed by atoms with Gasteiger partial charge in [-0.1, -0.05) is 54.6 Å². The monoisotopic (exact) mass is 1020 g/mol. The third kappa shape index (κ3) is 12.4. The minimum Gasteiger partial charge on any atom is -0.497 e. The van der Waals surface area contributed by atoms with E-state index in [4.69, 9.17) is 18.9 Å². The molecular formula is C48H52N10O12S2. The summed E-state index contributed by atoms with van der Waals surface area (Å²) in [6.07, 6.45) is -2.83. The van der Waals surface area contributed by atoms with E-state index in [2.05, 4.69) is 36.0 Å². The number of alkyl carbamates (subject to hydrolysis) is 1. The molecule has 0 unspecified atom stereocenters. The fourth-order valence-electron chi connectivity index (χ4n) is 7.50.